The summed E-state index contributed by atoms with van der Waals surface area (Å²) in [5, 5.41) is 2.23. The standard InChI is InChI=1S/C24H27NO4/c1-5-21(29-20-12-11-18-8-6-7-9-19(18)15-20)24(26)25(2)16-17-10-13-22(27-3)23(14-17)28-4/h6-15,21H,5,16H2,1-4H3/t21-/m1/s1. The van der Waals surface area contributed by atoms with Crippen LogP contribution in [0, 0.1) is 0 Å². The van der Waals surface area contributed by atoms with Gasteiger partial charge in [-0.15, -0.1) is 0 Å². The van der Waals surface area contributed by atoms with Crippen molar-refractivity contribution in [2.45, 2.75) is 26.0 Å². The largest absolute Gasteiger partial charge is 0.493 e. The number of ether oxygens (including phenoxy) is 3. The molecule has 0 aliphatic heterocycles. The number of methoxy groups -OCH3 is 2. The lowest BCUT2D eigenvalue weighted by Gasteiger charge is -2.24. The maximum Gasteiger partial charge on any atom is 0.263 e. The van der Waals surface area contributed by atoms with Crippen LogP contribution in [0.25, 0.3) is 10.8 Å². The Balaban J connectivity index is 1.70. The summed E-state index contributed by atoms with van der Waals surface area (Å²) in [5.74, 6) is 1.94. The van der Waals surface area contributed by atoms with E-state index >= 15 is 0 Å². The molecule has 0 N–H and O–H groups in total. The van der Waals surface area contributed by atoms with Crippen LogP contribution < -0.4 is 14.2 Å². The molecule has 1 atom stereocenters. The molecular formula is C24H27NO4. The van der Waals surface area contributed by atoms with Crippen LogP contribution in [0.2, 0.25) is 0 Å². The summed E-state index contributed by atoms with van der Waals surface area (Å²) in [6.07, 6.45) is 0.0448. The Morgan fingerprint density at radius 2 is 1.66 bits per heavy atom. The third-order valence-corrected chi connectivity index (χ3v) is 4.89. The first kappa shape index (κ1) is 20.5. The second kappa shape index (κ2) is 9.32. The Labute approximate surface area is 171 Å². The van der Waals surface area contributed by atoms with Crippen molar-refractivity contribution in [1.29, 1.82) is 0 Å². The van der Waals surface area contributed by atoms with Crippen LogP contribution in [-0.4, -0.2) is 38.2 Å². The summed E-state index contributed by atoms with van der Waals surface area (Å²) in [4.78, 5) is 14.6. The van der Waals surface area contributed by atoms with E-state index < -0.39 is 6.10 Å². The quantitative estimate of drug-likeness (QED) is 0.558. The molecule has 0 radical (unpaired) electrons. The molecule has 0 aromatic heterocycles. The lowest BCUT2D eigenvalue weighted by molar-refractivity contribution is -0.138. The molecule has 5 nitrogen and oxygen atoms in total. The Hall–Kier alpha value is -3.21. The van der Waals surface area contributed by atoms with Gasteiger partial charge in [0.05, 0.1) is 14.2 Å². The molecule has 0 saturated heterocycles. The smallest absolute Gasteiger partial charge is 0.263 e. The third kappa shape index (κ3) is 4.80. The van der Waals surface area contributed by atoms with Gasteiger partial charge in [-0.2, -0.15) is 0 Å². The highest BCUT2D eigenvalue weighted by Crippen LogP contribution is 2.28. The highest BCUT2D eigenvalue weighted by Gasteiger charge is 2.23. The van der Waals surface area contributed by atoms with Crippen LogP contribution in [0.3, 0.4) is 0 Å². The van der Waals surface area contributed by atoms with Gasteiger partial charge in [-0.1, -0.05) is 43.3 Å². The van der Waals surface area contributed by atoms with E-state index in [2.05, 4.69) is 6.07 Å². The van der Waals surface area contributed by atoms with Gasteiger partial charge in [0.25, 0.3) is 5.91 Å². The number of benzene rings is 3. The number of nitrogens with zero attached hydrogens (tertiary/aromatic N) is 1. The van der Waals surface area contributed by atoms with Crippen LogP contribution in [-0.2, 0) is 11.3 Å². The predicted octanol–water partition coefficient (Wildman–Crippen LogP) is 4.67. The fourth-order valence-electron chi connectivity index (χ4n) is 3.29. The fraction of sp³-hybridized carbons (Fsp3) is 0.292. The van der Waals surface area contributed by atoms with Crippen molar-refractivity contribution in [2.75, 3.05) is 21.3 Å². The fourth-order valence-corrected chi connectivity index (χ4v) is 3.29. The Bertz CT molecular complexity index is 986. The van der Waals surface area contributed by atoms with Crippen LogP contribution >= 0.6 is 0 Å². The molecule has 0 aliphatic carbocycles. The van der Waals surface area contributed by atoms with Gasteiger partial charge in [0, 0.05) is 13.6 Å². The van der Waals surface area contributed by atoms with E-state index in [1.54, 1.807) is 26.2 Å². The summed E-state index contributed by atoms with van der Waals surface area (Å²) >= 11 is 0. The second-order valence-corrected chi connectivity index (χ2v) is 6.91. The van der Waals surface area contributed by atoms with Gasteiger partial charge < -0.3 is 19.1 Å². The van der Waals surface area contributed by atoms with Gasteiger partial charge >= 0.3 is 0 Å². The maximum atomic E-state index is 13.0. The zero-order valence-electron chi connectivity index (χ0n) is 17.3. The zero-order chi connectivity index (χ0) is 20.8. The van der Waals surface area contributed by atoms with Crippen LogP contribution in [0.4, 0.5) is 0 Å². The SMILES string of the molecule is CC[C@@H](Oc1ccc2ccccc2c1)C(=O)N(C)Cc1ccc(OC)c(OC)c1. The first-order chi connectivity index (χ1) is 14.0. The molecule has 3 rings (SSSR count). The first-order valence-electron chi connectivity index (χ1n) is 9.67. The number of fused-ring (bicyclic) bond motifs is 1. The Kier molecular flexibility index (Phi) is 6.60. The van der Waals surface area contributed by atoms with E-state index in [0.717, 1.165) is 16.3 Å². The number of carbonyl (C=O) groups excluding carboxylic acids is 1. The van der Waals surface area contributed by atoms with E-state index in [-0.39, 0.29) is 5.91 Å². The number of carbonyl (C=O) groups is 1. The average Bonchev–Trinajstić information content (AvgIpc) is 2.76. The van der Waals surface area contributed by atoms with E-state index in [0.29, 0.717) is 30.2 Å². The van der Waals surface area contributed by atoms with Crippen molar-refractivity contribution < 1.29 is 19.0 Å². The molecule has 152 valence electrons. The van der Waals surface area contributed by atoms with Gasteiger partial charge in [-0.05, 0) is 47.0 Å². The molecule has 0 heterocycles. The van der Waals surface area contributed by atoms with Crippen molar-refractivity contribution in [2.24, 2.45) is 0 Å². The molecule has 3 aromatic carbocycles. The van der Waals surface area contributed by atoms with Gasteiger partial charge in [0.2, 0.25) is 0 Å². The molecule has 0 fully saturated rings. The monoisotopic (exact) mass is 393 g/mol. The summed E-state index contributed by atoms with van der Waals surface area (Å²) in [7, 11) is 4.98. The number of hydrogen-bond acceptors (Lipinski definition) is 4. The van der Waals surface area contributed by atoms with Crippen molar-refractivity contribution in [1.82, 2.24) is 4.90 Å². The minimum atomic E-state index is -0.540. The second-order valence-electron chi connectivity index (χ2n) is 6.91. The number of likely N-dealkylation sites (N-methyl/N-ethyl adjacent to an activating group) is 1. The predicted molar refractivity (Wildman–Crippen MR) is 115 cm³/mol. The molecule has 1 amide bonds. The highest BCUT2D eigenvalue weighted by molar-refractivity contribution is 5.84. The molecule has 0 unspecified atom stereocenters. The molecule has 0 aliphatic rings. The van der Waals surface area contributed by atoms with E-state index in [1.807, 2.05) is 61.5 Å². The zero-order valence-corrected chi connectivity index (χ0v) is 17.3. The van der Waals surface area contributed by atoms with Crippen molar-refractivity contribution in [3.63, 3.8) is 0 Å². The van der Waals surface area contributed by atoms with Crippen LogP contribution in [0.15, 0.2) is 60.7 Å². The van der Waals surface area contributed by atoms with Gasteiger partial charge in [-0.3, -0.25) is 4.79 Å². The van der Waals surface area contributed by atoms with Crippen molar-refractivity contribution in [3.8, 4) is 17.2 Å². The lowest BCUT2D eigenvalue weighted by Crippen LogP contribution is -2.39. The first-order valence-corrected chi connectivity index (χ1v) is 9.67. The van der Waals surface area contributed by atoms with E-state index in [1.165, 1.54) is 0 Å². The van der Waals surface area contributed by atoms with Crippen molar-refractivity contribution in [3.05, 3.63) is 66.2 Å². The normalized spacial score (nSPS) is 11.7. The number of rotatable bonds is 8. The molecule has 29 heavy (non-hydrogen) atoms. The minimum absolute atomic E-state index is 0.0598. The minimum Gasteiger partial charge on any atom is -0.493 e. The molecule has 5 heteroatoms. The average molecular weight is 393 g/mol. The molecule has 3 aromatic rings. The van der Waals surface area contributed by atoms with Crippen LogP contribution in [0.1, 0.15) is 18.9 Å². The van der Waals surface area contributed by atoms with Gasteiger partial charge in [-0.25, -0.2) is 0 Å². The maximum absolute atomic E-state index is 13.0. The van der Waals surface area contributed by atoms with E-state index in [9.17, 15) is 4.79 Å². The summed E-state index contributed by atoms with van der Waals surface area (Å²) in [5.41, 5.74) is 0.957. The summed E-state index contributed by atoms with van der Waals surface area (Å²) < 4.78 is 16.7. The Morgan fingerprint density at radius 3 is 2.34 bits per heavy atom. The molecular weight excluding hydrogens is 366 g/mol. The van der Waals surface area contributed by atoms with Crippen molar-refractivity contribution >= 4 is 16.7 Å². The lowest BCUT2D eigenvalue weighted by atomic mass is 10.1. The van der Waals surface area contributed by atoms with Crippen LogP contribution in [0.5, 0.6) is 17.2 Å². The highest BCUT2D eigenvalue weighted by atomic mass is 16.5. The number of hydrogen-bond donors (Lipinski definition) is 0. The summed E-state index contributed by atoms with van der Waals surface area (Å²) in [6, 6.07) is 19.6. The Morgan fingerprint density at radius 1 is 0.931 bits per heavy atom. The molecule has 0 spiro atoms. The molecule has 0 saturated carbocycles. The third-order valence-electron chi connectivity index (χ3n) is 4.89. The topological polar surface area (TPSA) is 48.0 Å². The summed E-state index contributed by atoms with van der Waals surface area (Å²) in [6.45, 7) is 2.41. The van der Waals surface area contributed by atoms with Gasteiger partial charge in [0.1, 0.15) is 5.75 Å². The molecule has 0 bridgehead atoms. The van der Waals surface area contributed by atoms with E-state index in [4.69, 9.17) is 14.2 Å². The number of amides is 1. The van der Waals surface area contributed by atoms with Gasteiger partial charge in [0.15, 0.2) is 17.6 Å².